The summed E-state index contributed by atoms with van der Waals surface area (Å²) in [6, 6.07) is 19.8. The Kier molecular flexibility index (Phi) is 7.24. The third kappa shape index (κ3) is 5.31. The molecular formula is C29H23ClFN3O4. The number of anilines is 1. The zero-order valence-corrected chi connectivity index (χ0v) is 21.1. The summed E-state index contributed by atoms with van der Waals surface area (Å²) in [6.07, 6.45) is 1.90. The van der Waals surface area contributed by atoms with E-state index >= 15 is 0 Å². The van der Waals surface area contributed by atoms with E-state index in [9.17, 15) is 14.0 Å². The number of halogens is 2. The molecule has 0 unspecified atom stereocenters. The van der Waals surface area contributed by atoms with Crippen LogP contribution in [0.2, 0.25) is 5.02 Å². The summed E-state index contributed by atoms with van der Waals surface area (Å²) in [5.74, 6) is -0.0280. The fourth-order valence-electron chi connectivity index (χ4n) is 4.30. The van der Waals surface area contributed by atoms with Crippen molar-refractivity contribution in [3.63, 3.8) is 0 Å². The molecular weight excluding hydrogens is 509 g/mol. The number of fused-ring (bicyclic) bond motifs is 1. The minimum absolute atomic E-state index is 0.105. The molecule has 7 nitrogen and oxygen atoms in total. The first-order chi connectivity index (χ1) is 18.4. The number of hydrogen-bond donors (Lipinski definition) is 2. The summed E-state index contributed by atoms with van der Waals surface area (Å²) in [6.45, 7) is 1.76. The number of para-hydroxylation sites is 1. The molecule has 2 N–H and O–H groups in total. The van der Waals surface area contributed by atoms with Gasteiger partial charge in [0.05, 0.1) is 17.0 Å². The Hall–Kier alpha value is -4.43. The number of ether oxygens (including phenoxy) is 1. The van der Waals surface area contributed by atoms with E-state index in [0.29, 0.717) is 57.6 Å². The van der Waals surface area contributed by atoms with Gasteiger partial charge in [-0.15, -0.1) is 0 Å². The van der Waals surface area contributed by atoms with E-state index in [1.807, 2.05) is 18.2 Å². The molecule has 0 spiro atoms. The maximum atomic E-state index is 14.0. The van der Waals surface area contributed by atoms with Gasteiger partial charge in [-0.25, -0.2) is 9.82 Å². The van der Waals surface area contributed by atoms with Crippen LogP contribution in [0.15, 0.2) is 82.3 Å². The van der Waals surface area contributed by atoms with Crippen LogP contribution in [-0.2, 0) is 6.42 Å². The Morgan fingerprint density at radius 3 is 2.55 bits per heavy atom. The molecule has 0 bridgehead atoms. The average Bonchev–Trinajstić information content (AvgIpc) is 3.27. The number of aryl methyl sites for hydroxylation is 1. The first-order valence-corrected chi connectivity index (χ1v) is 12.4. The van der Waals surface area contributed by atoms with Gasteiger partial charge in [-0.05, 0) is 62.2 Å². The predicted molar refractivity (Wildman–Crippen MR) is 143 cm³/mol. The molecule has 3 aromatic carbocycles. The van der Waals surface area contributed by atoms with Gasteiger partial charge >= 0.3 is 0 Å². The van der Waals surface area contributed by atoms with Gasteiger partial charge in [0.25, 0.3) is 11.8 Å². The number of nitrogens with one attached hydrogen (secondary N) is 2. The molecule has 0 fully saturated rings. The molecule has 0 saturated heterocycles. The van der Waals surface area contributed by atoms with Crippen molar-refractivity contribution < 1.29 is 23.1 Å². The van der Waals surface area contributed by atoms with Gasteiger partial charge in [0, 0.05) is 22.6 Å². The Bertz CT molecular complexity index is 1550. The SMILES string of the molecule is Cc1c(C(=O)Nc2cc(Cl)ccc2Oc2ccccc2)oc2c1/C(=N/NC(=O)c1ccccc1F)CCC2. The van der Waals surface area contributed by atoms with Crippen molar-refractivity contribution in [2.45, 2.75) is 26.2 Å². The fourth-order valence-corrected chi connectivity index (χ4v) is 4.48. The van der Waals surface area contributed by atoms with E-state index in [1.54, 1.807) is 43.3 Å². The largest absolute Gasteiger partial charge is 0.455 e. The van der Waals surface area contributed by atoms with Gasteiger partial charge in [0.15, 0.2) is 11.5 Å². The second kappa shape index (κ2) is 10.9. The lowest BCUT2D eigenvalue weighted by atomic mass is 9.93. The number of hydrogen-bond acceptors (Lipinski definition) is 5. The molecule has 1 aliphatic carbocycles. The quantitative estimate of drug-likeness (QED) is 0.265. The van der Waals surface area contributed by atoms with Crippen LogP contribution in [-0.4, -0.2) is 17.5 Å². The monoisotopic (exact) mass is 531 g/mol. The second-order valence-corrected chi connectivity index (χ2v) is 9.13. The molecule has 0 atom stereocenters. The normalized spacial score (nSPS) is 13.6. The summed E-state index contributed by atoms with van der Waals surface area (Å²) in [5.41, 5.74) is 4.52. The minimum atomic E-state index is -0.659. The molecule has 0 saturated carbocycles. The van der Waals surface area contributed by atoms with Gasteiger partial charge in [-0.1, -0.05) is 41.9 Å². The highest BCUT2D eigenvalue weighted by Gasteiger charge is 2.28. The van der Waals surface area contributed by atoms with E-state index < -0.39 is 17.6 Å². The van der Waals surface area contributed by atoms with Crippen LogP contribution in [0.3, 0.4) is 0 Å². The van der Waals surface area contributed by atoms with Crippen molar-refractivity contribution in [2.24, 2.45) is 5.10 Å². The van der Waals surface area contributed by atoms with Crippen LogP contribution in [0, 0.1) is 12.7 Å². The van der Waals surface area contributed by atoms with Crippen molar-refractivity contribution in [1.82, 2.24) is 5.43 Å². The number of hydrazone groups is 1. The standard InChI is InChI=1S/C29H23ClFN3O4/c1-17-26-22(33-34-28(35)20-10-5-6-11-21(20)31)12-7-13-25(26)38-27(17)29(36)32-23-16-18(30)14-15-24(23)37-19-8-3-2-4-9-19/h2-6,8-11,14-16H,7,12-13H2,1H3,(H,32,36)(H,34,35)/b33-22+. The highest BCUT2D eigenvalue weighted by molar-refractivity contribution is 6.31. The van der Waals surface area contributed by atoms with E-state index in [0.717, 1.165) is 6.42 Å². The fraction of sp³-hybridized carbons (Fsp3) is 0.138. The summed E-state index contributed by atoms with van der Waals surface area (Å²) >= 11 is 6.19. The van der Waals surface area contributed by atoms with E-state index in [2.05, 4.69) is 15.8 Å². The molecule has 1 aliphatic rings. The van der Waals surface area contributed by atoms with E-state index in [4.69, 9.17) is 20.8 Å². The van der Waals surface area contributed by atoms with Gasteiger partial charge in [-0.2, -0.15) is 5.10 Å². The lowest BCUT2D eigenvalue weighted by Gasteiger charge is -2.13. The van der Waals surface area contributed by atoms with Crippen LogP contribution in [0.4, 0.5) is 10.1 Å². The van der Waals surface area contributed by atoms with Crippen molar-refractivity contribution in [3.8, 4) is 11.5 Å². The van der Waals surface area contributed by atoms with Crippen LogP contribution in [0.5, 0.6) is 11.5 Å². The summed E-state index contributed by atoms with van der Waals surface area (Å²) in [4.78, 5) is 25.8. The number of amides is 2. The highest BCUT2D eigenvalue weighted by Crippen LogP contribution is 2.34. The molecule has 0 aliphatic heterocycles. The van der Waals surface area contributed by atoms with Crippen molar-refractivity contribution >= 4 is 34.8 Å². The Morgan fingerprint density at radius 2 is 1.76 bits per heavy atom. The molecule has 5 rings (SSSR count). The van der Waals surface area contributed by atoms with Crippen LogP contribution >= 0.6 is 11.6 Å². The number of benzene rings is 3. The van der Waals surface area contributed by atoms with Crippen molar-refractivity contribution in [3.05, 3.63) is 112 Å². The predicted octanol–water partition coefficient (Wildman–Crippen LogP) is 6.90. The average molecular weight is 532 g/mol. The highest BCUT2D eigenvalue weighted by atomic mass is 35.5. The molecule has 2 amide bonds. The number of carbonyl (C=O) groups is 2. The molecule has 1 heterocycles. The third-order valence-corrected chi connectivity index (χ3v) is 6.34. The topological polar surface area (TPSA) is 92.9 Å². The molecule has 1 aromatic heterocycles. The molecule has 38 heavy (non-hydrogen) atoms. The first-order valence-electron chi connectivity index (χ1n) is 12.0. The third-order valence-electron chi connectivity index (χ3n) is 6.10. The first kappa shape index (κ1) is 25.2. The van der Waals surface area contributed by atoms with Crippen LogP contribution in [0.25, 0.3) is 0 Å². The van der Waals surface area contributed by atoms with Gasteiger partial charge in [-0.3, -0.25) is 9.59 Å². The van der Waals surface area contributed by atoms with Gasteiger partial charge in [0.1, 0.15) is 17.3 Å². The number of furan rings is 1. The van der Waals surface area contributed by atoms with E-state index in [-0.39, 0.29) is 11.3 Å². The van der Waals surface area contributed by atoms with Crippen LogP contribution in [0.1, 0.15) is 50.6 Å². The van der Waals surface area contributed by atoms with Crippen molar-refractivity contribution in [1.29, 1.82) is 0 Å². The molecule has 4 aromatic rings. The zero-order valence-electron chi connectivity index (χ0n) is 20.4. The second-order valence-electron chi connectivity index (χ2n) is 8.70. The lowest BCUT2D eigenvalue weighted by Crippen LogP contribution is -2.23. The zero-order chi connectivity index (χ0) is 26.6. The van der Waals surface area contributed by atoms with Crippen molar-refractivity contribution in [2.75, 3.05) is 5.32 Å². The molecule has 0 radical (unpaired) electrons. The molecule has 9 heteroatoms. The Labute approximate surface area is 223 Å². The Morgan fingerprint density at radius 1 is 1.00 bits per heavy atom. The molecule has 192 valence electrons. The van der Waals surface area contributed by atoms with E-state index in [1.165, 1.54) is 18.2 Å². The minimum Gasteiger partial charge on any atom is -0.455 e. The summed E-state index contributed by atoms with van der Waals surface area (Å²) in [5, 5.41) is 7.52. The maximum Gasteiger partial charge on any atom is 0.291 e. The lowest BCUT2D eigenvalue weighted by molar-refractivity contribution is 0.0949. The number of rotatable bonds is 6. The summed E-state index contributed by atoms with van der Waals surface area (Å²) < 4.78 is 25.9. The van der Waals surface area contributed by atoms with Crippen LogP contribution < -0.4 is 15.5 Å². The summed E-state index contributed by atoms with van der Waals surface area (Å²) in [7, 11) is 0. The number of carbonyl (C=O) groups excluding carboxylic acids is 2. The Balaban J connectivity index is 1.39. The maximum absolute atomic E-state index is 14.0. The van der Waals surface area contributed by atoms with Gasteiger partial charge < -0.3 is 14.5 Å². The number of nitrogens with zero attached hydrogens (tertiary/aromatic N) is 1. The van der Waals surface area contributed by atoms with Gasteiger partial charge in [0.2, 0.25) is 0 Å². The smallest absolute Gasteiger partial charge is 0.291 e.